The first-order chi connectivity index (χ1) is 12.4. The molecule has 1 aliphatic rings. The van der Waals surface area contributed by atoms with Gasteiger partial charge in [-0.1, -0.05) is 63.2 Å². The van der Waals surface area contributed by atoms with Crippen LogP contribution in [0.25, 0.3) is 11.1 Å². The van der Waals surface area contributed by atoms with E-state index in [1.54, 1.807) is 6.21 Å². The molecule has 1 aliphatic carbocycles. The number of phenols is 1. The number of hydrogen-bond donors (Lipinski definition) is 1. The second-order valence-corrected chi connectivity index (χ2v) is 7.93. The van der Waals surface area contributed by atoms with Crippen molar-refractivity contribution in [1.82, 2.24) is 0 Å². The fourth-order valence-electron chi connectivity index (χ4n) is 3.63. The summed E-state index contributed by atoms with van der Waals surface area (Å²) < 4.78 is 0. The molecule has 0 aliphatic heterocycles. The third-order valence-corrected chi connectivity index (χ3v) is 5.01. The quantitative estimate of drug-likeness (QED) is 0.445. The van der Waals surface area contributed by atoms with Crippen molar-refractivity contribution < 1.29 is 5.11 Å². The van der Waals surface area contributed by atoms with E-state index in [4.69, 9.17) is 0 Å². The summed E-state index contributed by atoms with van der Waals surface area (Å²) in [6.45, 7) is 6.30. The molecule has 0 unspecified atom stereocenters. The summed E-state index contributed by atoms with van der Waals surface area (Å²) in [4.78, 5) is 4.62. The molecule has 0 saturated heterocycles. The molecule has 0 fully saturated rings. The lowest BCUT2D eigenvalue weighted by Gasteiger charge is -2.21. The zero-order valence-electron chi connectivity index (χ0n) is 15.5. The summed E-state index contributed by atoms with van der Waals surface area (Å²) in [5.74, 6) is 0.317. The first-order valence-corrected chi connectivity index (χ1v) is 9.01. The standard InChI is InChI=1S/C24H23NO/c1-24(2,3)22-10-6-8-17(23(22)26)15-25-19-11-12-21-18(14-19)13-16-7-4-5-9-20(16)21/h4-12,14-15,26H,13H2,1-3H3. The molecule has 0 spiro atoms. The van der Waals surface area contributed by atoms with E-state index in [0.717, 1.165) is 23.2 Å². The van der Waals surface area contributed by atoms with Gasteiger partial charge >= 0.3 is 0 Å². The molecule has 4 rings (SSSR count). The van der Waals surface area contributed by atoms with Crippen LogP contribution in [0.15, 0.2) is 65.7 Å². The van der Waals surface area contributed by atoms with E-state index in [1.165, 1.54) is 22.3 Å². The number of phenolic OH excluding ortho intramolecular Hbond substituents is 1. The fraction of sp³-hybridized carbons (Fsp3) is 0.208. The van der Waals surface area contributed by atoms with Crippen molar-refractivity contribution in [3.8, 4) is 16.9 Å². The normalized spacial score (nSPS) is 13.0. The SMILES string of the molecule is CC(C)(C)c1cccc(C=Nc2ccc3c(c2)Cc2ccccc2-3)c1O. The second kappa shape index (κ2) is 6.14. The van der Waals surface area contributed by atoms with Crippen LogP contribution in [0.1, 0.15) is 43.0 Å². The lowest BCUT2D eigenvalue weighted by Crippen LogP contribution is -2.11. The summed E-state index contributed by atoms with van der Waals surface area (Å²) in [5.41, 5.74) is 7.82. The predicted molar refractivity (Wildman–Crippen MR) is 109 cm³/mol. The Labute approximate surface area is 154 Å². The summed E-state index contributed by atoms with van der Waals surface area (Å²) in [6.07, 6.45) is 2.72. The molecule has 0 atom stereocenters. The molecule has 2 nitrogen and oxygen atoms in total. The summed E-state index contributed by atoms with van der Waals surface area (Å²) in [6, 6.07) is 20.7. The van der Waals surface area contributed by atoms with Crippen molar-refractivity contribution in [1.29, 1.82) is 0 Å². The van der Waals surface area contributed by atoms with E-state index in [0.29, 0.717) is 5.75 Å². The van der Waals surface area contributed by atoms with Gasteiger partial charge in [-0.2, -0.15) is 0 Å². The zero-order valence-corrected chi connectivity index (χ0v) is 15.5. The van der Waals surface area contributed by atoms with Crippen LogP contribution >= 0.6 is 0 Å². The van der Waals surface area contributed by atoms with Crippen molar-refractivity contribution in [2.75, 3.05) is 0 Å². The van der Waals surface area contributed by atoms with Gasteiger partial charge < -0.3 is 5.11 Å². The van der Waals surface area contributed by atoms with Crippen LogP contribution < -0.4 is 0 Å². The maximum atomic E-state index is 10.6. The Kier molecular flexibility index (Phi) is 3.91. The average Bonchev–Trinajstić information content (AvgIpc) is 2.97. The topological polar surface area (TPSA) is 32.6 Å². The highest BCUT2D eigenvalue weighted by Crippen LogP contribution is 2.38. The smallest absolute Gasteiger partial charge is 0.128 e. The minimum Gasteiger partial charge on any atom is -0.507 e. The zero-order chi connectivity index (χ0) is 18.3. The molecule has 0 bridgehead atoms. The summed E-state index contributed by atoms with van der Waals surface area (Å²) in [7, 11) is 0. The third-order valence-electron chi connectivity index (χ3n) is 5.01. The van der Waals surface area contributed by atoms with Crippen LogP contribution in [-0.2, 0) is 11.8 Å². The molecule has 26 heavy (non-hydrogen) atoms. The first-order valence-electron chi connectivity index (χ1n) is 9.01. The molecule has 3 aromatic carbocycles. The number of aromatic hydroxyl groups is 1. The lowest BCUT2D eigenvalue weighted by atomic mass is 9.85. The van der Waals surface area contributed by atoms with Gasteiger partial charge in [-0.15, -0.1) is 0 Å². The number of fused-ring (bicyclic) bond motifs is 3. The van der Waals surface area contributed by atoms with Crippen molar-refractivity contribution in [2.45, 2.75) is 32.6 Å². The van der Waals surface area contributed by atoms with Gasteiger partial charge in [0.25, 0.3) is 0 Å². The van der Waals surface area contributed by atoms with Gasteiger partial charge in [0.1, 0.15) is 5.75 Å². The molecule has 1 N–H and O–H groups in total. The highest BCUT2D eigenvalue weighted by atomic mass is 16.3. The molecule has 3 aromatic rings. The molecule has 0 aromatic heterocycles. The first kappa shape index (κ1) is 16.6. The highest BCUT2D eigenvalue weighted by molar-refractivity contribution is 5.87. The van der Waals surface area contributed by atoms with E-state index in [9.17, 15) is 5.11 Å². The van der Waals surface area contributed by atoms with Crippen LogP contribution in [0.5, 0.6) is 5.75 Å². The maximum absolute atomic E-state index is 10.6. The van der Waals surface area contributed by atoms with Gasteiger partial charge in [0, 0.05) is 11.8 Å². The van der Waals surface area contributed by atoms with Gasteiger partial charge in [0.05, 0.1) is 5.69 Å². The van der Waals surface area contributed by atoms with Gasteiger partial charge in [0.2, 0.25) is 0 Å². The summed E-state index contributed by atoms with van der Waals surface area (Å²) >= 11 is 0. The Hall–Kier alpha value is -2.87. The van der Waals surface area contributed by atoms with E-state index in [2.05, 4.69) is 62.2 Å². The molecule has 130 valence electrons. The summed E-state index contributed by atoms with van der Waals surface area (Å²) in [5, 5.41) is 10.6. The number of nitrogens with zero attached hydrogens (tertiary/aromatic N) is 1. The van der Waals surface area contributed by atoms with Gasteiger partial charge in [-0.05, 0) is 57.9 Å². The van der Waals surface area contributed by atoms with Crippen LogP contribution in [0.3, 0.4) is 0 Å². The lowest BCUT2D eigenvalue weighted by molar-refractivity contribution is 0.446. The van der Waals surface area contributed by atoms with Crippen molar-refractivity contribution >= 4 is 11.9 Å². The monoisotopic (exact) mass is 341 g/mol. The third kappa shape index (κ3) is 2.92. The Morgan fingerprint density at radius 3 is 2.46 bits per heavy atom. The maximum Gasteiger partial charge on any atom is 0.128 e. The fourth-order valence-corrected chi connectivity index (χ4v) is 3.63. The van der Waals surface area contributed by atoms with Gasteiger partial charge in [0.15, 0.2) is 0 Å². The van der Waals surface area contributed by atoms with E-state index >= 15 is 0 Å². The largest absolute Gasteiger partial charge is 0.507 e. The number of rotatable bonds is 2. The molecule has 0 heterocycles. The second-order valence-electron chi connectivity index (χ2n) is 7.93. The van der Waals surface area contributed by atoms with Crippen molar-refractivity contribution in [2.24, 2.45) is 4.99 Å². The van der Waals surface area contributed by atoms with Gasteiger partial charge in [-0.3, -0.25) is 4.99 Å². The number of hydrogen-bond acceptors (Lipinski definition) is 2. The van der Waals surface area contributed by atoms with Crippen LogP contribution in [0.2, 0.25) is 0 Å². The molecular formula is C24H23NO. The van der Waals surface area contributed by atoms with Crippen molar-refractivity contribution in [3.05, 3.63) is 82.9 Å². The van der Waals surface area contributed by atoms with Crippen LogP contribution in [0, 0.1) is 0 Å². The average molecular weight is 341 g/mol. The number of aliphatic imine (C=N–C) groups is 1. The Morgan fingerprint density at radius 1 is 0.885 bits per heavy atom. The van der Waals surface area contributed by atoms with Crippen LogP contribution in [-0.4, -0.2) is 11.3 Å². The minimum atomic E-state index is -0.104. The highest BCUT2D eigenvalue weighted by Gasteiger charge is 2.19. The van der Waals surface area contributed by atoms with E-state index in [1.807, 2.05) is 24.3 Å². The minimum absolute atomic E-state index is 0.104. The Balaban J connectivity index is 1.65. The molecule has 0 saturated carbocycles. The van der Waals surface area contributed by atoms with Gasteiger partial charge in [-0.25, -0.2) is 0 Å². The van der Waals surface area contributed by atoms with E-state index < -0.39 is 0 Å². The molecule has 0 amide bonds. The van der Waals surface area contributed by atoms with Crippen LogP contribution in [0.4, 0.5) is 5.69 Å². The molecule has 2 heteroatoms. The Bertz CT molecular complexity index is 1010. The van der Waals surface area contributed by atoms with E-state index in [-0.39, 0.29) is 5.41 Å². The molecule has 0 radical (unpaired) electrons. The predicted octanol–water partition coefficient (Wildman–Crippen LogP) is 6.01. The Morgan fingerprint density at radius 2 is 1.65 bits per heavy atom. The molecular weight excluding hydrogens is 318 g/mol. The number of para-hydroxylation sites is 1. The van der Waals surface area contributed by atoms with Crippen molar-refractivity contribution in [3.63, 3.8) is 0 Å². The number of benzene rings is 3.